The Hall–Kier alpha value is -1.84. The van der Waals surface area contributed by atoms with E-state index in [4.69, 9.17) is 4.74 Å². The van der Waals surface area contributed by atoms with Crippen molar-refractivity contribution in [3.63, 3.8) is 0 Å². The highest BCUT2D eigenvalue weighted by Gasteiger charge is 2.46. The molecule has 0 radical (unpaired) electrons. The van der Waals surface area contributed by atoms with Gasteiger partial charge in [0.2, 0.25) is 5.91 Å². The van der Waals surface area contributed by atoms with Crippen molar-refractivity contribution in [3.8, 4) is 0 Å². The monoisotopic (exact) mass is 287 g/mol. The molecule has 4 nitrogen and oxygen atoms in total. The number of hydrogen-bond acceptors (Lipinski definition) is 3. The summed E-state index contributed by atoms with van der Waals surface area (Å²) in [6, 6.07) is 9.87. The summed E-state index contributed by atoms with van der Waals surface area (Å²) in [5.74, 6) is -0.307. The number of carbonyl (C=O) groups excluding carboxylic acids is 2. The maximum Gasteiger partial charge on any atom is 0.417 e. The number of ether oxygens (including phenoxy) is 1. The van der Waals surface area contributed by atoms with Gasteiger partial charge in [-0.05, 0) is 31.2 Å². The van der Waals surface area contributed by atoms with Gasteiger partial charge < -0.3 is 4.74 Å². The van der Waals surface area contributed by atoms with Crippen LogP contribution in [0.1, 0.15) is 38.2 Å². The summed E-state index contributed by atoms with van der Waals surface area (Å²) in [4.78, 5) is 26.0. The van der Waals surface area contributed by atoms with E-state index in [2.05, 4.69) is 0 Å². The van der Waals surface area contributed by atoms with Gasteiger partial charge in [-0.25, -0.2) is 9.69 Å². The molecule has 1 aliphatic heterocycles. The third-order valence-electron chi connectivity index (χ3n) is 4.49. The van der Waals surface area contributed by atoms with Crippen LogP contribution in [0.2, 0.25) is 0 Å². The van der Waals surface area contributed by atoms with Crippen LogP contribution in [0, 0.1) is 5.92 Å². The minimum Gasteiger partial charge on any atom is -0.444 e. The Morgan fingerprint density at radius 3 is 2.76 bits per heavy atom. The Balaban J connectivity index is 1.70. The van der Waals surface area contributed by atoms with Crippen LogP contribution in [0.4, 0.5) is 4.79 Å². The van der Waals surface area contributed by atoms with E-state index in [1.54, 1.807) is 0 Å². The number of carbonyl (C=O) groups is 2. The molecule has 0 bridgehead atoms. The van der Waals surface area contributed by atoms with Crippen LogP contribution < -0.4 is 0 Å². The second-order valence-corrected chi connectivity index (χ2v) is 6.07. The van der Waals surface area contributed by atoms with Crippen LogP contribution in [0.5, 0.6) is 0 Å². The summed E-state index contributed by atoms with van der Waals surface area (Å²) >= 11 is 0. The van der Waals surface area contributed by atoms with Gasteiger partial charge in [-0.1, -0.05) is 43.7 Å². The lowest BCUT2D eigenvalue weighted by Crippen LogP contribution is -2.45. The molecule has 2 amide bonds. The van der Waals surface area contributed by atoms with Gasteiger partial charge in [-0.3, -0.25) is 4.79 Å². The van der Waals surface area contributed by atoms with E-state index >= 15 is 0 Å². The molecular formula is C17H21NO3. The summed E-state index contributed by atoms with van der Waals surface area (Å²) in [6.45, 7) is 1.89. The van der Waals surface area contributed by atoms with Gasteiger partial charge >= 0.3 is 6.09 Å². The highest BCUT2D eigenvalue weighted by molar-refractivity contribution is 5.95. The summed E-state index contributed by atoms with van der Waals surface area (Å²) < 4.78 is 5.37. The van der Waals surface area contributed by atoms with Gasteiger partial charge in [-0.15, -0.1) is 0 Å². The lowest BCUT2D eigenvalue weighted by molar-refractivity contribution is -0.133. The quantitative estimate of drug-likeness (QED) is 0.858. The second-order valence-electron chi connectivity index (χ2n) is 6.07. The fourth-order valence-corrected chi connectivity index (χ4v) is 3.38. The molecule has 1 saturated heterocycles. The van der Waals surface area contributed by atoms with Crippen LogP contribution in [0.25, 0.3) is 0 Å². The zero-order chi connectivity index (χ0) is 14.8. The van der Waals surface area contributed by atoms with E-state index in [1.807, 2.05) is 37.3 Å². The SMILES string of the molecule is C[C@@H](Cc1ccccc1)C(=O)N1C(=O)O[C@@H]2CCCC[C@@H]21. The molecule has 1 heterocycles. The number of rotatable bonds is 3. The maximum atomic E-state index is 12.6. The Morgan fingerprint density at radius 1 is 1.29 bits per heavy atom. The van der Waals surface area contributed by atoms with E-state index in [0.717, 1.165) is 31.2 Å². The third-order valence-corrected chi connectivity index (χ3v) is 4.49. The van der Waals surface area contributed by atoms with Crippen LogP contribution >= 0.6 is 0 Å². The summed E-state index contributed by atoms with van der Waals surface area (Å²) in [7, 11) is 0. The highest BCUT2D eigenvalue weighted by Crippen LogP contribution is 2.33. The molecule has 112 valence electrons. The second kappa shape index (κ2) is 5.88. The molecular weight excluding hydrogens is 266 g/mol. The molecule has 3 rings (SSSR count). The molecule has 1 saturated carbocycles. The maximum absolute atomic E-state index is 12.6. The molecule has 1 aromatic rings. The lowest BCUT2D eigenvalue weighted by Gasteiger charge is -2.28. The molecule has 1 aromatic carbocycles. The van der Waals surface area contributed by atoms with Crippen molar-refractivity contribution < 1.29 is 14.3 Å². The molecule has 21 heavy (non-hydrogen) atoms. The van der Waals surface area contributed by atoms with Gasteiger partial charge in [0, 0.05) is 5.92 Å². The molecule has 3 atom stereocenters. The van der Waals surface area contributed by atoms with Crippen LogP contribution in [0.15, 0.2) is 30.3 Å². The zero-order valence-electron chi connectivity index (χ0n) is 12.3. The van der Waals surface area contributed by atoms with Crippen molar-refractivity contribution in [2.75, 3.05) is 0 Å². The van der Waals surface area contributed by atoms with Crippen molar-refractivity contribution in [2.45, 2.75) is 51.2 Å². The fourth-order valence-electron chi connectivity index (χ4n) is 3.38. The van der Waals surface area contributed by atoms with E-state index in [9.17, 15) is 9.59 Å². The number of amides is 2. The molecule has 4 heteroatoms. The molecule has 0 spiro atoms. The van der Waals surface area contributed by atoms with Gasteiger partial charge in [0.15, 0.2) is 0 Å². The van der Waals surface area contributed by atoms with Crippen molar-refractivity contribution in [2.24, 2.45) is 5.92 Å². The first-order chi connectivity index (χ1) is 10.2. The number of imide groups is 1. The molecule has 2 fully saturated rings. The number of fused-ring (bicyclic) bond motifs is 1. The zero-order valence-corrected chi connectivity index (χ0v) is 12.3. The standard InChI is InChI=1S/C17H21NO3/c1-12(11-13-7-3-2-4-8-13)16(19)18-14-9-5-6-10-15(14)21-17(18)20/h2-4,7-8,12,14-15H,5-6,9-11H2,1H3/t12-,14-,15+/m0/s1. The van der Waals surface area contributed by atoms with Crippen molar-refractivity contribution in [1.29, 1.82) is 0 Å². The van der Waals surface area contributed by atoms with Gasteiger partial charge in [0.25, 0.3) is 0 Å². The van der Waals surface area contributed by atoms with E-state index in [0.29, 0.717) is 6.42 Å². The van der Waals surface area contributed by atoms with E-state index in [1.165, 1.54) is 4.90 Å². The normalized spacial score (nSPS) is 26.1. The van der Waals surface area contributed by atoms with Crippen LogP contribution in [0.3, 0.4) is 0 Å². The summed E-state index contributed by atoms with van der Waals surface area (Å²) in [5, 5.41) is 0. The highest BCUT2D eigenvalue weighted by atomic mass is 16.6. The van der Waals surface area contributed by atoms with E-state index in [-0.39, 0.29) is 24.0 Å². The Bertz CT molecular complexity index is 528. The number of benzene rings is 1. The first kappa shape index (κ1) is 14.1. The van der Waals surface area contributed by atoms with Crippen LogP contribution in [-0.2, 0) is 16.0 Å². The number of nitrogens with zero attached hydrogens (tertiary/aromatic N) is 1. The van der Waals surface area contributed by atoms with Crippen molar-refractivity contribution >= 4 is 12.0 Å². The molecule has 0 N–H and O–H groups in total. The molecule has 2 aliphatic rings. The largest absolute Gasteiger partial charge is 0.444 e. The predicted octanol–water partition coefficient (Wildman–Crippen LogP) is 3.16. The fraction of sp³-hybridized carbons (Fsp3) is 0.529. The average molecular weight is 287 g/mol. The smallest absolute Gasteiger partial charge is 0.417 e. The third kappa shape index (κ3) is 2.80. The summed E-state index contributed by atoms with van der Waals surface area (Å²) in [6.07, 6.45) is 4.02. The van der Waals surface area contributed by atoms with Gasteiger partial charge in [0.1, 0.15) is 6.10 Å². The Kier molecular flexibility index (Phi) is 3.95. The summed E-state index contributed by atoms with van der Waals surface area (Å²) in [5.41, 5.74) is 1.12. The Labute approximate surface area is 125 Å². The van der Waals surface area contributed by atoms with Crippen LogP contribution in [-0.4, -0.2) is 29.0 Å². The first-order valence-electron chi connectivity index (χ1n) is 7.74. The first-order valence-corrected chi connectivity index (χ1v) is 7.74. The topological polar surface area (TPSA) is 46.6 Å². The predicted molar refractivity (Wildman–Crippen MR) is 78.7 cm³/mol. The van der Waals surface area contributed by atoms with E-state index < -0.39 is 6.09 Å². The average Bonchev–Trinajstić information content (AvgIpc) is 2.83. The molecule has 0 unspecified atom stereocenters. The minimum atomic E-state index is -0.447. The van der Waals surface area contributed by atoms with Gasteiger partial charge in [-0.2, -0.15) is 0 Å². The van der Waals surface area contributed by atoms with Crippen molar-refractivity contribution in [1.82, 2.24) is 4.90 Å². The number of hydrogen-bond donors (Lipinski definition) is 0. The Morgan fingerprint density at radius 2 is 2.00 bits per heavy atom. The molecule has 1 aliphatic carbocycles. The van der Waals surface area contributed by atoms with Crippen molar-refractivity contribution in [3.05, 3.63) is 35.9 Å². The lowest BCUT2D eigenvalue weighted by atomic mass is 9.91. The minimum absolute atomic E-state index is 0.0445. The van der Waals surface area contributed by atoms with Gasteiger partial charge in [0.05, 0.1) is 6.04 Å². The molecule has 0 aromatic heterocycles.